The molecule has 1 aromatic carbocycles. The summed E-state index contributed by atoms with van der Waals surface area (Å²) < 4.78 is 30.1. The molecule has 2 aromatic rings. The van der Waals surface area contributed by atoms with Crippen LogP contribution in [-0.4, -0.2) is 33.5 Å². The first-order valence-electron chi connectivity index (χ1n) is 8.06. The van der Waals surface area contributed by atoms with Gasteiger partial charge in [-0.2, -0.15) is 0 Å². The number of piperidine rings is 1. The Balaban J connectivity index is 1.58. The van der Waals surface area contributed by atoms with Gasteiger partial charge in [0.25, 0.3) is 5.91 Å². The van der Waals surface area contributed by atoms with Gasteiger partial charge < -0.3 is 4.90 Å². The maximum Gasteiger partial charge on any atom is 0.267 e. The van der Waals surface area contributed by atoms with Crippen LogP contribution in [-0.2, 0) is 6.42 Å². The number of rotatable bonds is 4. The third-order valence-electron chi connectivity index (χ3n) is 4.48. The number of carbonyl (C=O) groups is 1. The Hall–Kier alpha value is -1.89. The number of amides is 1. The van der Waals surface area contributed by atoms with E-state index in [1.54, 1.807) is 13.0 Å². The predicted octanol–water partition coefficient (Wildman–Crippen LogP) is 3.61. The molecule has 1 saturated heterocycles. The van der Waals surface area contributed by atoms with Gasteiger partial charge in [-0.05, 0) is 67.8 Å². The highest BCUT2D eigenvalue weighted by atomic mass is 32.1. The van der Waals surface area contributed by atoms with Gasteiger partial charge in [0.2, 0.25) is 0 Å². The van der Waals surface area contributed by atoms with Gasteiger partial charge in [-0.1, -0.05) is 10.6 Å². The van der Waals surface area contributed by atoms with Crippen LogP contribution in [0.25, 0.3) is 0 Å². The molecule has 1 aromatic heterocycles. The summed E-state index contributed by atoms with van der Waals surface area (Å²) in [6.07, 6.45) is 3.55. The molecule has 2 heterocycles. The summed E-state index contributed by atoms with van der Waals surface area (Å²) >= 11 is 1.14. The minimum absolute atomic E-state index is 0.0000247. The predicted molar refractivity (Wildman–Crippen MR) is 88.0 cm³/mol. The molecule has 4 nitrogen and oxygen atoms in total. The molecule has 7 heteroatoms. The van der Waals surface area contributed by atoms with Crippen molar-refractivity contribution in [3.8, 4) is 0 Å². The van der Waals surface area contributed by atoms with Crippen molar-refractivity contribution in [1.82, 2.24) is 14.5 Å². The van der Waals surface area contributed by atoms with Crippen molar-refractivity contribution in [2.45, 2.75) is 32.6 Å². The van der Waals surface area contributed by atoms with Gasteiger partial charge in [-0.3, -0.25) is 4.79 Å². The summed E-state index contributed by atoms with van der Waals surface area (Å²) in [7, 11) is 0. The van der Waals surface area contributed by atoms with Crippen molar-refractivity contribution in [2.75, 3.05) is 13.1 Å². The van der Waals surface area contributed by atoms with E-state index in [0.717, 1.165) is 42.9 Å². The molecular formula is C17H19F2N3OS. The van der Waals surface area contributed by atoms with Crippen LogP contribution in [0.3, 0.4) is 0 Å². The lowest BCUT2D eigenvalue weighted by Crippen LogP contribution is -2.40. The number of aryl methyl sites for hydroxylation is 2. The molecule has 0 unspecified atom stereocenters. The van der Waals surface area contributed by atoms with Crippen LogP contribution in [0.4, 0.5) is 8.78 Å². The highest BCUT2D eigenvalue weighted by Gasteiger charge is 2.26. The van der Waals surface area contributed by atoms with E-state index < -0.39 is 11.6 Å². The minimum atomic E-state index is -0.818. The molecule has 0 saturated carbocycles. The fourth-order valence-corrected chi connectivity index (χ4v) is 3.75. The molecule has 1 amide bonds. The molecule has 24 heavy (non-hydrogen) atoms. The number of hydrogen-bond donors (Lipinski definition) is 0. The van der Waals surface area contributed by atoms with Crippen LogP contribution in [0.15, 0.2) is 18.2 Å². The normalized spacial score (nSPS) is 18.0. The summed E-state index contributed by atoms with van der Waals surface area (Å²) in [4.78, 5) is 15.0. The molecule has 0 N–H and O–H groups in total. The van der Waals surface area contributed by atoms with Gasteiger partial charge in [0.05, 0.1) is 5.69 Å². The van der Waals surface area contributed by atoms with Crippen molar-refractivity contribution in [3.63, 3.8) is 0 Å². The van der Waals surface area contributed by atoms with Crippen molar-refractivity contribution < 1.29 is 13.6 Å². The zero-order valence-corrected chi connectivity index (χ0v) is 14.3. The summed E-state index contributed by atoms with van der Waals surface area (Å²) in [5, 5.41) is 3.90. The number of benzene rings is 1. The van der Waals surface area contributed by atoms with E-state index >= 15 is 0 Å². The second kappa shape index (κ2) is 7.34. The van der Waals surface area contributed by atoms with E-state index in [-0.39, 0.29) is 5.91 Å². The Morgan fingerprint density at radius 3 is 2.92 bits per heavy atom. The molecule has 128 valence electrons. The topological polar surface area (TPSA) is 46.1 Å². The zero-order valence-electron chi connectivity index (χ0n) is 13.5. The van der Waals surface area contributed by atoms with Gasteiger partial charge in [-0.25, -0.2) is 8.78 Å². The van der Waals surface area contributed by atoms with E-state index in [1.165, 1.54) is 12.1 Å². The molecule has 1 atom stereocenters. The smallest absolute Gasteiger partial charge is 0.267 e. The second-order valence-electron chi connectivity index (χ2n) is 6.23. The number of likely N-dealkylation sites (tertiary alicyclic amines) is 1. The summed E-state index contributed by atoms with van der Waals surface area (Å²) in [5.74, 6) is -1.25. The minimum Gasteiger partial charge on any atom is -0.338 e. The third-order valence-corrected chi connectivity index (χ3v) is 5.29. The summed E-state index contributed by atoms with van der Waals surface area (Å²) in [6.45, 7) is 3.24. The number of carbonyl (C=O) groups excluding carboxylic acids is 1. The lowest BCUT2D eigenvalue weighted by molar-refractivity contribution is 0.0672. The Morgan fingerprint density at radius 2 is 2.21 bits per heavy atom. The van der Waals surface area contributed by atoms with Gasteiger partial charge >= 0.3 is 0 Å². The molecule has 0 radical (unpaired) electrons. The highest BCUT2D eigenvalue weighted by Crippen LogP contribution is 2.24. The average molecular weight is 351 g/mol. The highest BCUT2D eigenvalue weighted by molar-refractivity contribution is 7.07. The third kappa shape index (κ3) is 3.77. The van der Waals surface area contributed by atoms with Crippen LogP contribution < -0.4 is 0 Å². The van der Waals surface area contributed by atoms with Crippen molar-refractivity contribution in [3.05, 3.63) is 46.0 Å². The van der Waals surface area contributed by atoms with Crippen molar-refractivity contribution in [1.29, 1.82) is 0 Å². The van der Waals surface area contributed by atoms with Gasteiger partial charge in [-0.15, -0.1) is 5.10 Å². The van der Waals surface area contributed by atoms with E-state index in [1.807, 2.05) is 4.90 Å². The molecule has 3 rings (SSSR count). The summed E-state index contributed by atoms with van der Waals surface area (Å²) in [6, 6.07) is 4.05. The quantitative estimate of drug-likeness (QED) is 0.845. The molecule has 0 aliphatic carbocycles. The number of aromatic nitrogens is 2. The Labute approximate surface area is 143 Å². The van der Waals surface area contributed by atoms with Crippen molar-refractivity contribution >= 4 is 17.4 Å². The van der Waals surface area contributed by atoms with Crippen LogP contribution in [0.1, 0.15) is 40.2 Å². The molecule has 1 fully saturated rings. The first kappa shape index (κ1) is 17.0. The lowest BCUT2D eigenvalue weighted by Gasteiger charge is -2.32. The largest absolute Gasteiger partial charge is 0.338 e. The fraction of sp³-hybridized carbons (Fsp3) is 0.471. The van der Waals surface area contributed by atoms with Gasteiger partial charge in [0.1, 0.15) is 4.88 Å². The van der Waals surface area contributed by atoms with Crippen molar-refractivity contribution in [2.24, 2.45) is 5.92 Å². The Kier molecular flexibility index (Phi) is 5.18. The lowest BCUT2D eigenvalue weighted by atomic mass is 9.91. The van der Waals surface area contributed by atoms with E-state index in [2.05, 4.69) is 9.59 Å². The number of nitrogens with zero attached hydrogens (tertiary/aromatic N) is 3. The van der Waals surface area contributed by atoms with Crippen LogP contribution in [0, 0.1) is 24.5 Å². The van der Waals surface area contributed by atoms with E-state index in [0.29, 0.717) is 29.5 Å². The van der Waals surface area contributed by atoms with Crippen LogP contribution >= 0.6 is 11.5 Å². The molecule has 0 bridgehead atoms. The first-order chi connectivity index (χ1) is 11.5. The molecule has 1 aliphatic heterocycles. The monoisotopic (exact) mass is 351 g/mol. The van der Waals surface area contributed by atoms with Gasteiger partial charge in [0, 0.05) is 13.1 Å². The Morgan fingerprint density at radius 1 is 1.38 bits per heavy atom. The standard InChI is InChI=1S/C17H19F2N3OS/c1-11-16(24-21-20-11)17(23)22-8-2-3-13(10-22)5-4-12-6-7-14(18)15(19)9-12/h6-7,9,13H,2-5,8,10H2,1H3/t13-/m0/s1. The summed E-state index contributed by atoms with van der Waals surface area (Å²) in [5.41, 5.74) is 1.47. The molecule has 0 spiro atoms. The van der Waals surface area contributed by atoms with Crippen LogP contribution in [0.5, 0.6) is 0 Å². The van der Waals surface area contributed by atoms with Gasteiger partial charge in [0.15, 0.2) is 11.6 Å². The maximum atomic E-state index is 13.3. The Bertz CT molecular complexity index is 734. The zero-order chi connectivity index (χ0) is 17.1. The average Bonchev–Trinajstić information content (AvgIpc) is 3.01. The van der Waals surface area contributed by atoms with E-state index in [9.17, 15) is 13.6 Å². The first-order valence-corrected chi connectivity index (χ1v) is 8.84. The number of hydrogen-bond acceptors (Lipinski definition) is 4. The number of halogens is 2. The molecule has 1 aliphatic rings. The fourth-order valence-electron chi connectivity index (χ4n) is 3.12. The van der Waals surface area contributed by atoms with Crippen LogP contribution in [0.2, 0.25) is 0 Å². The molecular weight excluding hydrogens is 332 g/mol. The maximum absolute atomic E-state index is 13.3. The van der Waals surface area contributed by atoms with E-state index in [4.69, 9.17) is 0 Å². The second-order valence-corrected chi connectivity index (χ2v) is 6.99. The SMILES string of the molecule is Cc1nnsc1C(=O)N1CCC[C@@H](CCc2ccc(F)c(F)c2)C1.